The first-order chi connectivity index (χ1) is 38.4. The van der Waals surface area contributed by atoms with Gasteiger partial charge in [0.15, 0.2) is 12.6 Å². The SMILES string of the molecule is CCCCCCCCCCCCCCCCC(=O)NC(COC1OC(CO)C(OC2OC(CO)C(O)C(OC3(C(=O)O)CC(O)C(NC(C)=O)C(C(O)C(O)CO)O3)C2O)C(O)C1O)C(O)CCCCCCCCCCCCCC. The molecule has 0 bridgehead atoms. The van der Waals surface area contributed by atoms with Gasteiger partial charge < -0.3 is 100 Å². The number of ether oxygens (including phenoxy) is 6. The third kappa shape index (κ3) is 24.4. The zero-order valence-electron chi connectivity index (χ0n) is 48.2. The van der Waals surface area contributed by atoms with E-state index in [1.807, 2.05) is 0 Å². The van der Waals surface area contributed by atoms with Crippen LogP contribution in [0.1, 0.15) is 207 Å². The molecule has 3 aliphatic rings. The van der Waals surface area contributed by atoms with E-state index in [-0.39, 0.29) is 18.9 Å². The number of unbranched alkanes of at least 4 members (excludes halogenated alkanes) is 24. The van der Waals surface area contributed by atoms with Crippen molar-refractivity contribution in [3.8, 4) is 0 Å². The van der Waals surface area contributed by atoms with Crippen molar-refractivity contribution in [1.82, 2.24) is 10.6 Å². The fourth-order valence-electron chi connectivity index (χ4n) is 10.9. The molecule has 80 heavy (non-hydrogen) atoms. The Kier molecular flexibility index (Phi) is 36.1. The lowest BCUT2D eigenvalue weighted by atomic mass is 9.88. The molecular weight excluding hydrogens is 1050 g/mol. The van der Waals surface area contributed by atoms with Gasteiger partial charge in [0.1, 0.15) is 67.1 Å². The van der Waals surface area contributed by atoms with Gasteiger partial charge in [-0.1, -0.05) is 174 Å². The number of carbonyl (C=O) groups is 3. The van der Waals surface area contributed by atoms with Crippen molar-refractivity contribution in [3.05, 3.63) is 0 Å². The minimum atomic E-state index is -3.07. The monoisotopic (exact) mass is 1150 g/mol. The summed E-state index contributed by atoms with van der Waals surface area (Å²) in [6, 6.07) is -2.52. The van der Waals surface area contributed by atoms with Crippen molar-refractivity contribution in [1.29, 1.82) is 0 Å². The predicted molar refractivity (Wildman–Crippen MR) is 292 cm³/mol. The van der Waals surface area contributed by atoms with Gasteiger partial charge >= 0.3 is 5.97 Å². The molecule has 14 N–H and O–H groups in total. The van der Waals surface area contributed by atoms with Gasteiger partial charge in [-0.3, -0.25) is 9.59 Å². The first-order valence-corrected chi connectivity index (χ1v) is 30.4. The molecule has 23 heteroatoms. The average Bonchev–Trinajstić information content (AvgIpc) is 3.54. The van der Waals surface area contributed by atoms with E-state index in [0.717, 1.165) is 58.3 Å². The zero-order valence-corrected chi connectivity index (χ0v) is 48.2. The van der Waals surface area contributed by atoms with E-state index < -0.39 is 148 Å². The molecule has 0 spiro atoms. The second kappa shape index (κ2) is 40.1. The molecule has 3 rings (SSSR count). The van der Waals surface area contributed by atoms with Crippen molar-refractivity contribution in [2.45, 2.75) is 317 Å². The van der Waals surface area contributed by atoms with Crippen molar-refractivity contribution in [3.63, 3.8) is 0 Å². The van der Waals surface area contributed by atoms with E-state index in [1.54, 1.807) is 0 Å². The first kappa shape index (κ1) is 72.0. The quantitative estimate of drug-likeness (QED) is 0.0390. The average molecular weight is 1160 g/mol. The van der Waals surface area contributed by atoms with E-state index in [2.05, 4.69) is 24.5 Å². The van der Waals surface area contributed by atoms with Gasteiger partial charge in [0.2, 0.25) is 11.8 Å². The Labute approximate surface area is 474 Å². The van der Waals surface area contributed by atoms with Crippen molar-refractivity contribution in [2.75, 3.05) is 26.4 Å². The first-order valence-electron chi connectivity index (χ1n) is 30.4. The normalized spacial score (nSPS) is 30.6. The van der Waals surface area contributed by atoms with Crippen LogP contribution in [-0.4, -0.2) is 215 Å². The number of carboxylic acid groups (broad SMARTS) is 1. The topological polar surface area (TPSA) is 373 Å². The number of hydrogen-bond acceptors (Lipinski definition) is 20. The maximum atomic E-state index is 13.4. The predicted octanol–water partition coefficient (Wildman–Crippen LogP) is 2.61. The molecule has 3 heterocycles. The standard InChI is InChI=1S/C57H106N2O21/c1-4-6-8-10-12-14-16-18-19-21-23-25-27-29-31-44(67)59-38(39(64)30-28-26-24-22-20-17-15-13-11-9-7-5-2)36-75-54-49(71)48(70)51(43(35-62)77-54)78-55-50(72)53(47(69)42(34-61)76-55)80-57(56(73)74)32-40(65)45(58-37(3)63)52(79-57)46(68)41(66)33-60/h38-43,45-55,60-62,64-66,68-72H,4-36H2,1-3H3,(H,58,63)(H,59,67)(H,73,74). The summed E-state index contributed by atoms with van der Waals surface area (Å²) in [5.74, 6) is -6.10. The molecule has 0 aromatic carbocycles. The summed E-state index contributed by atoms with van der Waals surface area (Å²) in [4.78, 5) is 38.4. The van der Waals surface area contributed by atoms with Crippen molar-refractivity contribution < 1.29 is 104 Å². The number of amides is 2. The van der Waals surface area contributed by atoms with Crippen LogP contribution in [0.2, 0.25) is 0 Å². The Morgan fingerprint density at radius 2 is 1.09 bits per heavy atom. The van der Waals surface area contributed by atoms with Crippen LogP contribution in [0.3, 0.4) is 0 Å². The Hall–Kier alpha value is -2.27. The lowest BCUT2D eigenvalue weighted by Crippen LogP contribution is -2.70. The number of aliphatic hydroxyl groups excluding tert-OH is 11. The summed E-state index contributed by atoms with van der Waals surface area (Å²) in [5, 5.41) is 135. The molecule has 0 saturated carbocycles. The second-order valence-electron chi connectivity index (χ2n) is 22.6. The van der Waals surface area contributed by atoms with Crippen molar-refractivity contribution >= 4 is 17.8 Å². The fourth-order valence-corrected chi connectivity index (χ4v) is 10.9. The highest BCUT2D eigenvalue weighted by Gasteiger charge is 2.60. The van der Waals surface area contributed by atoms with Gasteiger partial charge in [-0.2, -0.15) is 0 Å². The Morgan fingerprint density at radius 1 is 0.600 bits per heavy atom. The van der Waals surface area contributed by atoms with Crippen molar-refractivity contribution in [2.24, 2.45) is 0 Å². The van der Waals surface area contributed by atoms with E-state index in [9.17, 15) is 75.7 Å². The number of rotatable bonds is 44. The summed E-state index contributed by atoms with van der Waals surface area (Å²) < 4.78 is 34.7. The van der Waals surface area contributed by atoms with Crippen LogP contribution >= 0.6 is 0 Å². The molecule has 3 aliphatic heterocycles. The number of hydrogen-bond donors (Lipinski definition) is 14. The minimum Gasteiger partial charge on any atom is -0.477 e. The van der Waals surface area contributed by atoms with Crippen LogP contribution in [-0.2, 0) is 42.8 Å². The molecule has 2 amide bonds. The summed E-state index contributed by atoms with van der Waals surface area (Å²) >= 11 is 0. The van der Waals surface area contributed by atoms with Crippen LogP contribution in [0.25, 0.3) is 0 Å². The van der Waals surface area contributed by atoms with Gasteiger partial charge in [-0.05, 0) is 12.8 Å². The van der Waals surface area contributed by atoms with E-state index >= 15 is 0 Å². The van der Waals surface area contributed by atoms with Crippen LogP contribution in [0.15, 0.2) is 0 Å². The maximum absolute atomic E-state index is 13.4. The van der Waals surface area contributed by atoms with Gasteiger partial charge in [0.25, 0.3) is 5.79 Å². The molecule has 0 aromatic heterocycles. The van der Waals surface area contributed by atoms with Gasteiger partial charge in [0.05, 0.1) is 50.7 Å². The number of carboxylic acids is 1. The maximum Gasteiger partial charge on any atom is 0.364 e. The lowest BCUT2D eigenvalue weighted by molar-refractivity contribution is -0.386. The number of aliphatic hydroxyl groups is 11. The van der Waals surface area contributed by atoms with Gasteiger partial charge in [-0.15, -0.1) is 0 Å². The molecule has 18 unspecified atom stereocenters. The van der Waals surface area contributed by atoms with E-state index in [4.69, 9.17) is 28.4 Å². The van der Waals surface area contributed by atoms with E-state index in [1.165, 1.54) is 103 Å². The number of aliphatic carboxylic acids is 1. The summed E-state index contributed by atoms with van der Waals surface area (Å²) in [7, 11) is 0. The largest absolute Gasteiger partial charge is 0.477 e. The molecule has 0 radical (unpaired) electrons. The van der Waals surface area contributed by atoms with Gasteiger partial charge in [-0.25, -0.2) is 4.79 Å². The van der Waals surface area contributed by atoms with Crippen LogP contribution in [0, 0.1) is 0 Å². The molecule has 23 nitrogen and oxygen atoms in total. The van der Waals surface area contributed by atoms with E-state index in [0.29, 0.717) is 19.3 Å². The molecule has 3 saturated heterocycles. The van der Waals surface area contributed by atoms with Crippen LogP contribution in [0.4, 0.5) is 0 Å². The highest BCUT2D eigenvalue weighted by molar-refractivity contribution is 5.77. The molecule has 0 aromatic rings. The van der Waals surface area contributed by atoms with Crippen LogP contribution in [0.5, 0.6) is 0 Å². The fraction of sp³-hybridized carbons (Fsp3) is 0.947. The summed E-state index contributed by atoms with van der Waals surface area (Å²) in [6.07, 6.45) is 1.34. The molecule has 470 valence electrons. The highest BCUT2D eigenvalue weighted by Crippen LogP contribution is 2.38. The van der Waals surface area contributed by atoms with Gasteiger partial charge in [0, 0.05) is 19.8 Å². The number of carbonyl (C=O) groups excluding carboxylic acids is 2. The summed E-state index contributed by atoms with van der Waals surface area (Å²) in [6.45, 7) is 2.16. The molecular formula is C57H106N2O21. The molecule has 0 aliphatic carbocycles. The number of nitrogens with one attached hydrogen (secondary N) is 2. The summed E-state index contributed by atoms with van der Waals surface area (Å²) in [5.41, 5.74) is 0. The minimum absolute atomic E-state index is 0.228. The Morgan fingerprint density at radius 3 is 1.56 bits per heavy atom. The lowest BCUT2D eigenvalue weighted by Gasteiger charge is -2.50. The Balaban J connectivity index is 1.67. The second-order valence-corrected chi connectivity index (χ2v) is 22.6. The molecule has 3 fully saturated rings. The Bertz CT molecular complexity index is 1660. The zero-order chi connectivity index (χ0) is 59.0. The third-order valence-electron chi connectivity index (χ3n) is 15.8. The van der Waals surface area contributed by atoms with Crippen LogP contribution < -0.4 is 10.6 Å². The third-order valence-corrected chi connectivity index (χ3v) is 15.8. The smallest absolute Gasteiger partial charge is 0.364 e. The highest BCUT2D eigenvalue weighted by atomic mass is 16.8. The molecule has 18 atom stereocenters.